The van der Waals surface area contributed by atoms with Crippen molar-refractivity contribution in [2.45, 2.75) is 6.42 Å². The highest BCUT2D eigenvalue weighted by atomic mass is 35.5. The van der Waals surface area contributed by atoms with Crippen LogP contribution in [0, 0.1) is 0 Å². The highest BCUT2D eigenvalue weighted by molar-refractivity contribution is 6.32. The van der Waals surface area contributed by atoms with E-state index in [9.17, 15) is 9.59 Å². The third kappa shape index (κ3) is 3.63. The first-order valence-electron chi connectivity index (χ1n) is 10.4. The molecular weight excluding hydrogens is 424 g/mol. The second-order valence-electron chi connectivity index (χ2n) is 7.87. The van der Waals surface area contributed by atoms with Crippen LogP contribution >= 0.6 is 11.6 Å². The lowest BCUT2D eigenvalue weighted by Crippen LogP contribution is -2.34. The molecule has 1 aliphatic rings. The molecule has 1 N–H and O–H groups in total. The molecule has 0 fully saturated rings. The van der Waals surface area contributed by atoms with E-state index in [2.05, 4.69) is 16.0 Å². The third-order valence-corrected chi connectivity index (χ3v) is 6.25. The van der Waals surface area contributed by atoms with Crippen molar-refractivity contribution >= 4 is 34.2 Å². The first kappa shape index (κ1) is 20.3. The average molecular weight is 445 g/mol. The molecule has 1 amide bonds. The van der Waals surface area contributed by atoms with Crippen LogP contribution in [0.5, 0.6) is 0 Å². The number of hydrogen-bond acceptors (Lipinski definition) is 3. The van der Waals surface area contributed by atoms with Gasteiger partial charge in [-0.15, -0.1) is 0 Å². The van der Waals surface area contributed by atoms with Gasteiger partial charge in [-0.2, -0.15) is 0 Å². The van der Waals surface area contributed by atoms with Crippen LogP contribution in [0.4, 0.5) is 0 Å². The van der Waals surface area contributed by atoms with E-state index in [-0.39, 0.29) is 11.6 Å². The number of imidazole rings is 1. The second kappa shape index (κ2) is 8.13. The molecule has 5 rings (SSSR count). The molecule has 0 unspecified atom stereocenters. The summed E-state index contributed by atoms with van der Waals surface area (Å²) in [7, 11) is 1.70. The number of benzene rings is 2. The number of fused-ring (bicyclic) bond motifs is 1. The maximum atomic E-state index is 13.2. The van der Waals surface area contributed by atoms with Crippen molar-refractivity contribution < 1.29 is 4.79 Å². The van der Waals surface area contributed by atoms with Crippen LogP contribution in [0.25, 0.3) is 27.9 Å². The quantitative estimate of drug-likeness (QED) is 0.505. The molecule has 6 nitrogen and oxygen atoms in total. The Morgan fingerprint density at radius 2 is 1.94 bits per heavy atom. The van der Waals surface area contributed by atoms with Gasteiger partial charge in [-0.05, 0) is 47.4 Å². The van der Waals surface area contributed by atoms with Gasteiger partial charge in [0.1, 0.15) is 0 Å². The van der Waals surface area contributed by atoms with Crippen LogP contribution in [0.3, 0.4) is 0 Å². The standard InChI is InChI=1S/C25H21ClN4O2/c1-29-22-14-19(15-27-23(22)28-25(29)32)17-5-4-6-18(13-17)24(31)30-11-9-16(10-12-30)20-7-2-3-8-21(20)26/h2-9,13-15H,10-12H2,1H3,(H,27,28,32). The Morgan fingerprint density at radius 1 is 1.09 bits per heavy atom. The van der Waals surface area contributed by atoms with Crippen molar-refractivity contribution in [2.75, 3.05) is 13.1 Å². The lowest BCUT2D eigenvalue weighted by atomic mass is 9.98. The van der Waals surface area contributed by atoms with Crippen LogP contribution in [-0.4, -0.2) is 38.4 Å². The number of amides is 1. The van der Waals surface area contributed by atoms with E-state index < -0.39 is 0 Å². The Morgan fingerprint density at radius 3 is 2.72 bits per heavy atom. The fourth-order valence-corrected chi connectivity index (χ4v) is 4.35. The molecule has 1 aliphatic heterocycles. The molecule has 160 valence electrons. The maximum Gasteiger partial charge on any atom is 0.327 e. The van der Waals surface area contributed by atoms with E-state index in [0.717, 1.165) is 33.7 Å². The number of carbonyl (C=O) groups excluding carboxylic acids is 1. The number of hydrogen-bond donors (Lipinski definition) is 1. The Labute approximate surface area is 189 Å². The van der Waals surface area contributed by atoms with Crippen molar-refractivity contribution in [3.63, 3.8) is 0 Å². The van der Waals surface area contributed by atoms with Gasteiger partial charge in [0, 0.05) is 42.5 Å². The minimum absolute atomic E-state index is 0.00982. The summed E-state index contributed by atoms with van der Waals surface area (Å²) in [5, 5.41) is 0.733. The molecule has 32 heavy (non-hydrogen) atoms. The summed E-state index contributed by atoms with van der Waals surface area (Å²) in [6.45, 7) is 1.18. The fourth-order valence-electron chi connectivity index (χ4n) is 4.09. The number of aromatic nitrogens is 3. The largest absolute Gasteiger partial charge is 0.335 e. The Bertz CT molecular complexity index is 1430. The van der Waals surface area contributed by atoms with Gasteiger partial charge in [0.2, 0.25) is 0 Å². The molecule has 7 heteroatoms. The van der Waals surface area contributed by atoms with Crippen LogP contribution in [-0.2, 0) is 7.05 Å². The van der Waals surface area contributed by atoms with Gasteiger partial charge in [-0.1, -0.05) is 48.0 Å². The van der Waals surface area contributed by atoms with E-state index >= 15 is 0 Å². The van der Waals surface area contributed by atoms with Crippen molar-refractivity contribution in [3.05, 3.63) is 93.5 Å². The predicted octanol–water partition coefficient (Wildman–Crippen LogP) is 4.51. The molecule has 3 heterocycles. The number of aryl methyl sites for hydroxylation is 1. The van der Waals surface area contributed by atoms with Crippen LogP contribution in [0.15, 0.2) is 71.7 Å². The van der Waals surface area contributed by atoms with E-state index in [1.165, 1.54) is 10.1 Å². The molecule has 0 bridgehead atoms. The number of H-pyrrole nitrogens is 1. The van der Waals surface area contributed by atoms with Crippen molar-refractivity contribution in [1.29, 1.82) is 0 Å². The first-order valence-corrected chi connectivity index (χ1v) is 10.8. The Balaban J connectivity index is 1.39. The van der Waals surface area contributed by atoms with E-state index in [0.29, 0.717) is 24.3 Å². The Hall–Kier alpha value is -3.64. The maximum absolute atomic E-state index is 13.2. The van der Waals surface area contributed by atoms with E-state index in [4.69, 9.17) is 11.6 Å². The van der Waals surface area contributed by atoms with Gasteiger partial charge in [-0.3, -0.25) is 14.3 Å². The smallest absolute Gasteiger partial charge is 0.327 e. The molecule has 0 aliphatic carbocycles. The minimum atomic E-state index is -0.206. The molecule has 0 saturated carbocycles. The summed E-state index contributed by atoms with van der Waals surface area (Å²) in [5.41, 5.74) is 5.61. The molecule has 0 spiro atoms. The van der Waals surface area contributed by atoms with Crippen LogP contribution in [0.1, 0.15) is 22.3 Å². The fraction of sp³-hybridized carbons (Fsp3) is 0.160. The Kier molecular flexibility index (Phi) is 5.15. The zero-order chi connectivity index (χ0) is 22.2. The normalized spacial score (nSPS) is 13.9. The molecule has 0 saturated heterocycles. The number of aromatic amines is 1. The summed E-state index contributed by atoms with van der Waals surface area (Å²) in [4.78, 5) is 33.9. The monoisotopic (exact) mass is 444 g/mol. The molecule has 0 radical (unpaired) electrons. The van der Waals surface area contributed by atoms with Gasteiger partial charge in [0.15, 0.2) is 5.65 Å². The number of rotatable bonds is 3. The summed E-state index contributed by atoms with van der Waals surface area (Å²) in [6.07, 6.45) is 4.55. The second-order valence-corrected chi connectivity index (χ2v) is 8.28. The van der Waals surface area contributed by atoms with E-state index in [1.54, 1.807) is 13.2 Å². The minimum Gasteiger partial charge on any atom is -0.335 e. The zero-order valence-electron chi connectivity index (χ0n) is 17.5. The molecule has 0 atom stereocenters. The highest BCUT2D eigenvalue weighted by Crippen LogP contribution is 2.29. The van der Waals surface area contributed by atoms with Gasteiger partial charge < -0.3 is 4.90 Å². The highest BCUT2D eigenvalue weighted by Gasteiger charge is 2.20. The van der Waals surface area contributed by atoms with Crippen LogP contribution in [0.2, 0.25) is 5.02 Å². The topological polar surface area (TPSA) is 71.0 Å². The zero-order valence-corrected chi connectivity index (χ0v) is 18.3. The summed E-state index contributed by atoms with van der Waals surface area (Å²) in [6, 6.07) is 17.2. The van der Waals surface area contributed by atoms with Gasteiger partial charge >= 0.3 is 5.69 Å². The molecule has 4 aromatic rings. The van der Waals surface area contributed by atoms with Gasteiger partial charge in [-0.25, -0.2) is 9.78 Å². The SMILES string of the molecule is Cn1c(=O)[nH]c2ncc(-c3cccc(C(=O)N4CC=C(c5ccccc5Cl)CC4)c3)cc21. The number of carbonyl (C=O) groups is 1. The third-order valence-electron chi connectivity index (χ3n) is 5.92. The molecular formula is C25H21ClN4O2. The lowest BCUT2D eigenvalue weighted by molar-refractivity contribution is 0.0773. The van der Waals surface area contributed by atoms with E-state index in [1.807, 2.05) is 59.5 Å². The number of nitrogens with zero attached hydrogens (tertiary/aromatic N) is 3. The van der Waals surface area contributed by atoms with Crippen molar-refractivity contribution in [3.8, 4) is 11.1 Å². The lowest BCUT2D eigenvalue weighted by Gasteiger charge is -2.27. The molecule has 2 aromatic heterocycles. The number of nitrogens with one attached hydrogen (secondary N) is 1. The number of halogens is 1. The summed E-state index contributed by atoms with van der Waals surface area (Å²) in [5.74, 6) is -0.00982. The summed E-state index contributed by atoms with van der Waals surface area (Å²) >= 11 is 6.33. The molecule has 2 aromatic carbocycles. The van der Waals surface area contributed by atoms with Crippen LogP contribution < -0.4 is 5.69 Å². The summed E-state index contributed by atoms with van der Waals surface area (Å²) < 4.78 is 1.53. The van der Waals surface area contributed by atoms with Gasteiger partial charge in [0.05, 0.1) is 5.52 Å². The predicted molar refractivity (Wildman–Crippen MR) is 127 cm³/mol. The van der Waals surface area contributed by atoms with Gasteiger partial charge in [0.25, 0.3) is 5.91 Å². The van der Waals surface area contributed by atoms with Crippen molar-refractivity contribution in [1.82, 2.24) is 19.4 Å². The average Bonchev–Trinajstić information content (AvgIpc) is 3.12. The van der Waals surface area contributed by atoms with Crippen molar-refractivity contribution in [2.24, 2.45) is 7.05 Å². The first-order chi connectivity index (χ1) is 15.5. The number of pyridine rings is 1.